The van der Waals surface area contributed by atoms with Crippen molar-refractivity contribution in [3.8, 4) is 0 Å². The molecular formula is C14H20N4. The zero-order valence-corrected chi connectivity index (χ0v) is 11.2. The highest BCUT2D eigenvalue weighted by Crippen LogP contribution is 2.06. The van der Waals surface area contributed by atoms with Gasteiger partial charge >= 0.3 is 0 Å². The van der Waals surface area contributed by atoms with E-state index in [-0.39, 0.29) is 5.54 Å². The number of rotatable bonds is 4. The molecule has 0 saturated carbocycles. The van der Waals surface area contributed by atoms with Crippen LogP contribution in [0, 0.1) is 0 Å². The average molecular weight is 244 g/mol. The Bertz CT molecular complexity index is 482. The summed E-state index contributed by atoms with van der Waals surface area (Å²) in [5.41, 5.74) is 2.25. The van der Waals surface area contributed by atoms with Gasteiger partial charge in [-0.2, -0.15) is 0 Å². The Hall–Kier alpha value is -1.68. The van der Waals surface area contributed by atoms with Crippen LogP contribution in [0.3, 0.4) is 0 Å². The smallest absolute Gasteiger partial charge is 0.112 e. The van der Waals surface area contributed by atoms with Gasteiger partial charge in [-0.05, 0) is 32.9 Å². The van der Waals surface area contributed by atoms with E-state index in [4.69, 9.17) is 0 Å². The summed E-state index contributed by atoms with van der Waals surface area (Å²) >= 11 is 0. The van der Waals surface area contributed by atoms with E-state index in [2.05, 4.69) is 41.0 Å². The van der Waals surface area contributed by atoms with Gasteiger partial charge < -0.3 is 10.3 Å². The predicted molar refractivity (Wildman–Crippen MR) is 72.2 cm³/mol. The van der Waals surface area contributed by atoms with Crippen molar-refractivity contribution >= 4 is 0 Å². The first-order valence-corrected chi connectivity index (χ1v) is 6.21. The fourth-order valence-electron chi connectivity index (χ4n) is 1.62. The molecule has 0 aliphatic carbocycles. The lowest BCUT2D eigenvalue weighted by molar-refractivity contribution is 0.421. The summed E-state index contributed by atoms with van der Waals surface area (Å²) < 4.78 is 0. The molecule has 2 aromatic heterocycles. The Morgan fingerprint density at radius 1 is 1.22 bits per heavy atom. The molecule has 2 aromatic rings. The summed E-state index contributed by atoms with van der Waals surface area (Å²) in [7, 11) is 0. The van der Waals surface area contributed by atoms with Crippen molar-refractivity contribution in [2.45, 2.75) is 39.3 Å². The Kier molecular flexibility index (Phi) is 3.77. The van der Waals surface area contributed by atoms with E-state index in [1.54, 1.807) is 6.20 Å². The molecule has 0 unspecified atom stereocenters. The number of aromatic nitrogens is 3. The molecule has 0 aromatic carbocycles. The minimum Gasteiger partial charge on any atom is -0.344 e. The molecule has 0 bridgehead atoms. The fourth-order valence-corrected chi connectivity index (χ4v) is 1.62. The summed E-state index contributed by atoms with van der Waals surface area (Å²) in [6, 6.07) is 5.92. The summed E-state index contributed by atoms with van der Waals surface area (Å²) in [5.74, 6) is 0.958. The minimum atomic E-state index is 0.117. The normalized spacial score (nSPS) is 11.7. The third-order valence-corrected chi connectivity index (χ3v) is 2.56. The van der Waals surface area contributed by atoms with Crippen molar-refractivity contribution in [2.24, 2.45) is 0 Å². The molecule has 18 heavy (non-hydrogen) atoms. The molecule has 0 fully saturated rings. The molecule has 2 rings (SSSR count). The van der Waals surface area contributed by atoms with E-state index in [0.29, 0.717) is 0 Å². The van der Waals surface area contributed by atoms with Crippen molar-refractivity contribution < 1.29 is 0 Å². The van der Waals surface area contributed by atoms with Crippen molar-refractivity contribution in [3.05, 3.63) is 47.8 Å². The summed E-state index contributed by atoms with van der Waals surface area (Å²) in [6.45, 7) is 7.26. The van der Waals surface area contributed by atoms with Gasteiger partial charge in [0.15, 0.2) is 0 Å². The fraction of sp³-hybridized carbons (Fsp3) is 0.429. The van der Waals surface area contributed by atoms with E-state index < -0.39 is 0 Å². The van der Waals surface area contributed by atoms with Gasteiger partial charge in [0.1, 0.15) is 5.82 Å². The second kappa shape index (κ2) is 5.31. The molecule has 0 spiro atoms. The lowest BCUT2D eigenvalue weighted by Crippen LogP contribution is -2.35. The van der Waals surface area contributed by atoms with E-state index in [1.807, 2.05) is 24.4 Å². The van der Waals surface area contributed by atoms with Gasteiger partial charge in [0, 0.05) is 42.3 Å². The van der Waals surface area contributed by atoms with Gasteiger partial charge in [0.25, 0.3) is 0 Å². The SMILES string of the molecule is CC(C)(C)NCc1cnc(Cc2ccccn2)[nH]1. The Labute approximate surface area is 108 Å². The van der Waals surface area contributed by atoms with Crippen LogP contribution in [-0.2, 0) is 13.0 Å². The maximum absolute atomic E-state index is 4.38. The van der Waals surface area contributed by atoms with Crippen LogP contribution in [0.2, 0.25) is 0 Å². The number of hydrogen-bond donors (Lipinski definition) is 2. The lowest BCUT2D eigenvalue weighted by atomic mass is 10.1. The van der Waals surface area contributed by atoms with Crippen LogP contribution in [-0.4, -0.2) is 20.5 Å². The first kappa shape index (κ1) is 12.8. The molecule has 0 aliphatic heterocycles. The number of H-pyrrole nitrogens is 1. The van der Waals surface area contributed by atoms with E-state index in [1.165, 1.54) is 0 Å². The number of imidazole rings is 1. The first-order chi connectivity index (χ1) is 8.53. The van der Waals surface area contributed by atoms with Crippen LogP contribution in [0.15, 0.2) is 30.6 Å². The number of nitrogens with zero attached hydrogens (tertiary/aromatic N) is 2. The highest BCUT2D eigenvalue weighted by Gasteiger charge is 2.09. The monoisotopic (exact) mass is 244 g/mol. The summed E-state index contributed by atoms with van der Waals surface area (Å²) in [5, 5.41) is 3.43. The van der Waals surface area contributed by atoms with Crippen molar-refractivity contribution in [1.29, 1.82) is 0 Å². The Morgan fingerprint density at radius 3 is 2.72 bits per heavy atom. The molecule has 2 heterocycles. The Balaban J connectivity index is 1.94. The third-order valence-electron chi connectivity index (χ3n) is 2.56. The highest BCUT2D eigenvalue weighted by molar-refractivity contribution is 5.12. The van der Waals surface area contributed by atoms with Crippen LogP contribution in [0.25, 0.3) is 0 Å². The molecule has 2 N–H and O–H groups in total. The van der Waals surface area contributed by atoms with Crippen molar-refractivity contribution in [3.63, 3.8) is 0 Å². The number of hydrogen-bond acceptors (Lipinski definition) is 3. The second-order valence-electron chi connectivity index (χ2n) is 5.46. The standard InChI is InChI=1S/C14H20N4/c1-14(2,3)17-10-12-9-16-13(18-12)8-11-6-4-5-7-15-11/h4-7,9,17H,8,10H2,1-3H3,(H,16,18). The highest BCUT2D eigenvalue weighted by atomic mass is 15.0. The minimum absolute atomic E-state index is 0.117. The molecule has 0 amide bonds. The van der Waals surface area contributed by atoms with Gasteiger partial charge in [-0.3, -0.25) is 4.98 Å². The maximum atomic E-state index is 4.38. The second-order valence-corrected chi connectivity index (χ2v) is 5.46. The molecule has 4 nitrogen and oxygen atoms in total. The third kappa shape index (κ3) is 3.96. The first-order valence-electron chi connectivity index (χ1n) is 6.21. The molecular weight excluding hydrogens is 224 g/mol. The number of nitrogens with one attached hydrogen (secondary N) is 2. The summed E-state index contributed by atoms with van der Waals surface area (Å²) in [6.07, 6.45) is 4.44. The predicted octanol–water partition coefficient (Wildman–Crippen LogP) is 2.28. The van der Waals surface area contributed by atoms with Gasteiger partial charge in [0.2, 0.25) is 0 Å². The number of aromatic amines is 1. The zero-order chi connectivity index (χ0) is 13.0. The molecule has 4 heteroatoms. The lowest BCUT2D eigenvalue weighted by Gasteiger charge is -2.19. The van der Waals surface area contributed by atoms with Crippen LogP contribution in [0.5, 0.6) is 0 Å². The van der Waals surface area contributed by atoms with E-state index in [9.17, 15) is 0 Å². The molecule has 0 aliphatic rings. The summed E-state index contributed by atoms with van der Waals surface area (Å²) in [4.78, 5) is 12.0. The average Bonchev–Trinajstić information content (AvgIpc) is 2.75. The van der Waals surface area contributed by atoms with Gasteiger partial charge in [-0.15, -0.1) is 0 Å². The van der Waals surface area contributed by atoms with Crippen molar-refractivity contribution in [2.75, 3.05) is 0 Å². The van der Waals surface area contributed by atoms with Crippen LogP contribution in [0.1, 0.15) is 38.0 Å². The van der Waals surface area contributed by atoms with Crippen molar-refractivity contribution in [1.82, 2.24) is 20.3 Å². The van der Waals surface area contributed by atoms with Crippen LogP contribution >= 0.6 is 0 Å². The molecule has 0 atom stereocenters. The molecule has 0 saturated heterocycles. The van der Waals surface area contributed by atoms with E-state index in [0.717, 1.165) is 30.2 Å². The molecule has 0 radical (unpaired) electrons. The maximum Gasteiger partial charge on any atom is 0.112 e. The Morgan fingerprint density at radius 2 is 2.06 bits per heavy atom. The van der Waals surface area contributed by atoms with Crippen LogP contribution < -0.4 is 5.32 Å². The van der Waals surface area contributed by atoms with Gasteiger partial charge in [-0.1, -0.05) is 6.07 Å². The molecule has 96 valence electrons. The quantitative estimate of drug-likeness (QED) is 0.867. The van der Waals surface area contributed by atoms with Gasteiger partial charge in [-0.25, -0.2) is 4.98 Å². The zero-order valence-electron chi connectivity index (χ0n) is 11.2. The largest absolute Gasteiger partial charge is 0.344 e. The van der Waals surface area contributed by atoms with E-state index >= 15 is 0 Å². The van der Waals surface area contributed by atoms with Crippen LogP contribution in [0.4, 0.5) is 0 Å². The van der Waals surface area contributed by atoms with Gasteiger partial charge in [0.05, 0.1) is 0 Å². The number of pyridine rings is 1. The topological polar surface area (TPSA) is 53.6 Å².